The predicted octanol–water partition coefficient (Wildman–Crippen LogP) is 3.03. The first-order chi connectivity index (χ1) is 13.9. The van der Waals surface area contributed by atoms with E-state index >= 15 is 0 Å². The van der Waals surface area contributed by atoms with Crippen molar-refractivity contribution in [3.8, 4) is 5.75 Å². The summed E-state index contributed by atoms with van der Waals surface area (Å²) in [5, 5.41) is 0. The first kappa shape index (κ1) is 20.9. The number of methoxy groups -OCH3 is 1. The molecule has 1 saturated heterocycles. The molecule has 7 heteroatoms. The Morgan fingerprint density at radius 1 is 1.24 bits per heavy atom. The number of hydrogen-bond donors (Lipinski definition) is 0. The smallest absolute Gasteiger partial charge is 0.275 e. The molecule has 1 aromatic heterocycles. The number of amides is 2. The van der Waals surface area contributed by atoms with Crippen molar-refractivity contribution in [3.63, 3.8) is 0 Å². The minimum absolute atomic E-state index is 0.135. The fourth-order valence-electron chi connectivity index (χ4n) is 3.69. The van der Waals surface area contributed by atoms with E-state index in [0.29, 0.717) is 43.3 Å². The third kappa shape index (κ3) is 4.78. The Labute approximate surface area is 171 Å². The lowest BCUT2D eigenvalue weighted by Crippen LogP contribution is -2.38. The van der Waals surface area contributed by atoms with E-state index in [0.717, 1.165) is 24.2 Å². The van der Waals surface area contributed by atoms with Crippen LogP contribution in [0.25, 0.3) is 0 Å². The molecule has 2 amide bonds. The van der Waals surface area contributed by atoms with Crippen molar-refractivity contribution < 1.29 is 18.7 Å². The van der Waals surface area contributed by atoms with Gasteiger partial charge in [0.05, 0.1) is 7.11 Å². The average Bonchev–Trinajstić information content (AvgIpc) is 3.13. The summed E-state index contributed by atoms with van der Waals surface area (Å²) < 4.78 is 11.1. The number of aryl methyl sites for hydroxylation is 2. The van der Waals surface area contributed by atoms with E-state index in [-0.39, 0.29) is 17.7 Å². The van der Waals surface area contributed by atoms with Crippen LogP contribution in [0.4, 0.5) is 0 Å². The summed E-state index contributed by atoms with van der Waals surface area (Å²) >= 11 is 0. The third-order valence-corrected chi connectivity index (χ3v) is 5.42. The number of hydrogen-bond acceptors (Lipinski definition) is 5. The van der Waals surface area contributed by atoms with Crippen LogP contribution in [0, 0.1) is 6.92 Å². The minimum Gasteiger partial charge on any atom is -0.496 e. The van der Waals surface area contributed by atoms with E-state index in [4.69, 9.17) is 9.15 Å². The summed E-state index contributed by atoms with van der Waals surface area (Å²) in [6.45, 7) is 3.12. The molecule has 1 aliphatic rings. The SMILES string of the molecule is COc1ccccc1CCC(=O)N1CCC(c2nc(C(=O)N(C)C)c(C)o2)CC1. The number of oxazole rings is 1. The number of benzene rings is 1. The molecule has 1 fully saturated rings. The second kappa shape index (κ2) is 9.11. The highest BCUT2D eigenvalue weighted by Gasteiger charge is 2.29. The Morgan fingerprint density at radius 2 is 1.93 bits per heavy atom. The summed E-state index contributed by atoms with van der Waals surface area (Å²) in [5.41, 5.74) is 1.42. The maximum Gasteiger partial charge on any atom is 0.275 e. The van der Waals surface area contributed by atoms with E-state index in [9.17, 15) is 9.59 Å². The van der Waals surface area contributed by atoms with Crippen LogP contribution < -0.4 is 4.74 Å². The van der Waals surface area contributed by atoms with Gasteiger partial charge in [-0.3, -0.25) is 9.59 Å². The second-order valence-corrected chi connectivity index (χ2v) is 7.62. The summed E-state index contributed by atoms with van der Waals surface area (Å²) in [6.07, 6.45) is 2.70. The van der Waals surface area contributed by atoms with Crippen LogP contribution in [-0.4, -0.2) is 60.9 Å². The molecule has 1 aromatic carbocycles. The number of piperidine rings is 1. The summed E-state index contributed by atoms with van der Waals surface area (Å²) in [5.74, 6) is 2.11. The molecule has 1 aliphatic heterocycles. The number of carbonyl (C=O) groups is 2. The van der Waals surface area contributed by atoms with Gasteiger partial charge in [0, 0.05) is 39.5 Å². The molecule has 0 aliphatic carbocycles. The second-order valence-electron chi connectivity index (χ2n) is 7.62. The molecule has 2 heterocycles. The lowest BCUT2D eigenvalue weighted by molar-refractivity contribution is -0.132. The Balaban J connectivity index is 1.54. The fourth-order valence-corrected chi connectivity index (χ4v) is 3.69. The van der Waals surface area contributed by atoms with E-state index in [1.54, 1.807) is 28.1 Å². The number of carbonyl (C=O) groups excluding carboxylic acids is 2. The van der Waals surface area contributed by atoms with Crippen molar-refractivity contribution >= 4 is 11.8 Å². The Kier molecular flexibility index (Phi) is 6.56. The molecule has 29 heavy (non-hydrogen) atoms. The molecule has 0 bridgehead atoms. The van der Waals surface area contributed by atoms with E-state index in [1.165, 1.54) is 4.90 Å². The van der Waals surface area contributed by atoms with Gasteiger partial charge in [0.2, 0.25) is 5.91 Å². The van der Waals surface area contributed by atoms with Crippen molar-refractivity contribution in [1.29, 1.82) is 0 Å². The molecular formula is C22H29N3O4. The van der Waals surface area contributed by atoms with Gasteiger partial charge in [0.1, 0.15) is 11.5 Å². The van der Waals surface area contributed by atoms with Gasteiger partial charge in [-0.2, -0.15) is 0 Å². The minimum atomic E-state index is -0.151. The van der Waals surface area contributed by atoms with Gasteiger partial charge in [-0.05, 0) is 37.8 Å². The number of likely N-dealkylation sites (tertiary alicyclic amines) is 1. The van der Waals surface area contributed by atoms with Crippen molar-refractivity contribution in [1.82, 2.24) is 14.8 Å². The van der Waals surface area contributed by atoms with E-state index in [2.05, 4.69) is 4.98 Å². The molecular weight excluding hydrogens is 370 g/mol. The van der Waals surface area contributed by atoms with Crippen molar-refractivity contribution in [2.75, 3.05) is 34.3 Å². The van der Waals surface area contributed by atoms with Crippen molar-refractivity contribution in [2.24, 2.45) is 0 Å². The van der Waals surface area contributed by atoms with Gasteiger partial charge in [-0.1, -0.05) is 18.2 Å². The van der Waals surface area contributed by atoms with Gasteiger partial charge >= 0.3 is 0 Å². The lowest BCUT2D eigenvalue weighted by atomic mass is 9.96. The van der Waals surface area contributed by atoms with Crippen LogP contribution in [0.1, 0.15) is 52.9 Å². The predicted molar refractivity (Wildman–Crippen MR) is 109 cm³/mol. The molecule has 0 radical (unpaired) electrons. The van der Waals surface area contributed by atoms with Crippen LogP contribution in [0.15, 0.2) is 28.7 Å². The number of ether oxygens (including phenoxy) is 1. The van der Waals surface area contributed by atoms with Crippen LogP contribution in [-0.2, 0) is 11.2 Å². The molecule has 3 rings (SSSR count). The monoisotopic (exact) mass is 399 g/mol. The van der Waals surface area contributed by atoms with Crippen molar-refractivity contribution in [3.05, 3.63) is 47.2 Å². The summed E-state index contributed by atoms with van der Waals surface area (Å²) in [4.78, 5) is 32.7. The third-order valence-electron chi connectivity index (χ3n) is 5.42. The zero-order valence-corrected chi connectivity index (χ0v) is 17.6. The lowest BCUT2D eigenvalue weighted by Gasteiger charge is -2.30. The zero-order valence-electron chi connectivity index (χ0n) is 17.6. The first-order valence-electron chi connectivity index (χ1n) is 9.99. The molecule has 156 valence electrons. The maximum absolute atomic E-state index is 12.6. The molecule has 0 N–H and O–H groups in total. The van der Waals surface area contributed by atoms with Gasteiger partial charge in [-0.25, -0.2) is 4.98 Å². The highest BCUT2D eigenvalue weighted by Crippen LogP contribution is 2.29. The van der Waals surface area contributed by atoms with Gasteiger partial charge < -0.3 is 19.0 Å². The standard InChI is InChI=1S/C22H29N3O4/c1-15-20(22(27)24(2)3)23-21(29-15)17-11-13-25(14-12-17)19(26)10-9-16-7-5-6-8-18(16)28-4/h5-8,17H,9-14H2,1-4H3. The number of aromatic nitrogens is 1. The van der Waals surface area contributed by atoms with E-state index < -0.39 is 0 Å². The molecule has 0 unspecified atom stereocenters. The summed E-state index contributed by atoms with van der Waals surface area (Å²) in [7, 11) is 5.05. The summed E-state index contributed by atoms with van der Waals surface area (Å²) in [6, 6.07) is 7.80. The van der Waals surface area contributed by atoms with Gasteiger partial charge in [0.15, 0.2) is 11.6 Å². The van der Waals surface area contributed by atoms with Crippen molar-refractivity contribution in [2.45, 2.75) is 38.5 Å². The van der Waals surface area contributed by atoms with Crippen LogP contribution in [0.3, 0.4) is 0 Å². The Hall–Kier alpha value is -2.83. The Bertz CT molecular complexity index is 867. The first-order valence-corrected chi connectivity index (χ1v) is 9.99. The quantitative estimate of drug-likeness (QED) is 0.746. The topological polar surface area (TPSA) is 75.9 Å². The Morgan fingerprint density at radius 3 is 2.59 bits per heavy atom. The molecule has 0 saturated carbocycles. The number of nitrogens with zero attached hydrogens (tertiary/aromatic N) is 3. The fraction of sp³-hybridized carbons (Fsp3) is 0.500. The maximum atomic E-state index is 12.6. The van der Waals surface area contributed by atoms with Gasteiger partial charge in [-0.15, -0.1) is 0 Å². The van der Waals surface area contributed by atoms with Crippen LogP contribution in [0.2, 0.25) is 0 Å². The highest BCUT2D eigenvalue weighted by atomic mass is 16.5. The molecule has 7 nitrogen and oxygen atoms in total. The largest absolute Gasteiger partial charge is 0.496 e. The average molecular weight is 399 g/mol. The highest BCUT2D eigenvalue weighted by molar-refractivity contribution is 5.92. The molecule has 0 atom stereocenters. The zero-order chi connectivity index (χ0) is 21.0. The van der Waals surface area contributed by atoms with Crippen LogP contribution in [0.5, 0.6) is 5.75 Å². The van der Waals surface area contributed by atoms with E-state index in [1.807, 2.05) is 29.2 Å². The number of para-hydroxylation sites is 1. The molecule has 0 spiro atoms. The normalized spacial score (nSPS) is 14.7. The van der Waals surface area contributed by atoms with Crippen LogP contribution >= 0.6 is 0 Å². The number of rotatable bonds is 6. The van der Waals surface area contributed by atoms with Gasteiger partial charge in [0.25, 0.3) is 5.91 Å². The molecule has 2 aromatic rings.